The molecule has 0 aromatic rings. The summed E-state index contributed by atoms with van der Waals surface area (Å²) in [5.41, 5.74) is 0. The van der Waals surface area contributed by atoms with E-state index < -0.39 is 0 Å². The highest BCUT2D eigenvalue weighted by molar-refractivity contribution is 5.09. The zero-order valence-corrected chi connectivity index (χ0v) is 25.8. The van der Waals surface area contributed by atoms with E-state index >= 15 is 0 Å². The molecule has 0 spiro atoms. The molecule has 0 bridgehead atoms. The van der Waals surface area contributed by atoms with E-state index in [1.165, 1.54) is 116 Å². The van der Waals surface area contributed by atoms with Crippen molar-refractivity contribution in [2.45, 2.75) is 178 Å². The minimum absolute atomic E-state index is 0.691. The van der Waals surface area contributed by atoms with Gasteiger partial charge in [0.1, 0.15) is 0 Å². The molecule has 226 valence electrons. The van der Waals surface area contributed by atoms with Crippen molar-refractivity contribution >= 4 is 0 Å². The number of hydrogen-bond donors (Lipinski definition) is 2. The Hall–Kier alpha value is -0.160. The fourth-order valence-corrected chi connectivity index (χ4v) is 13.1. The van der Waals surface area contributed by atoms with Gasteiger partial charge < -0.3 is 10.6 Å². The predicted molar refractivity (Wildman–Crippen MR) is 165 cm³/mol. The van der Waals surface area contributed by atoms with Crippen LogP contribution in [0.5, 0.6) is 0 Å². The van der Waals surface area contributed by atoms with E-state index in [1.807, 2.05) is 0 Å². The molecular weight excluding hydrogens is 488 g/mol. The van der Waals surface area contributed by atoms with E-state index in [1.54, 1.807) is 38.5 Å². The van der Waals surface area contributed by atoms with Crippen LogP contribution in [-0.4, -0.2) is 59.4 Å². The summed E-state index contributed by atoms with van der Waals surface area (Å²) in [6.07, 6.45) is 34.3. The molecule has 2 aliphatic heterocycles. The average molecular weight is 551 g/mol. The van der Waals surface area contributed by atoms with Gasteiger partial charge in [0.2, 0.25) is 0 Å². The Balaban J connectivity index is 1.08. The molecule has 0 radical (unpaired) electrons. The highest BCUT2D eigenvalue weighted by atomic mass is 15.3. The van der Waals surface area contributed by atoms with Gasteiger partial charge in [0.15, 0.2) is 0 Å². The van der Waals surface area contributed by atoms with Gasteiger partial charge in [-0.25, -0.2) is 0 Å². The molecule has 6 saturated carbocycles. The van der Waals surface area contributed by atoms with E-state index in [0.717, 1.165) is 59.7 Å². The van der Waals surface area contributed by atoms with Crippen LogP contribution in [0.4, 0.5) is 0 Å². The standard InChI is InChI=1S/C36H62N4/c1-3-9-27(10-4-1)39(33-13-7-23-37-33)31-21-17-25-16-20-30-32(22-18-26-15-19-29(31)35(25)36(26)30)40(34-14-8-24-38-34)28-11-5-2-6-12-28/h25-38H,1-24H2. The SMILES string of the molecule is C1CCC(N(C2CCCN2)C2CCC3CCC4C5C(CCC2C35)CCC4N(C2CCCCC2)C2CCCN2)CC1. The molecule has 0 aromatic carbocycles. The highest BCUT2D eigenvalue weighted by Crippen LogP contribution is 2.62. The normalized spacial score (nSPS) is 46.6. The summed E-state index contributed by atoms with van der Waals surface area (Å²) in [7, 11) is 0. The number of nitrogens with one attached hydrogen (secondary N) is 2. The van der Waals surface area contributed by atoms with Crippen molar-refractivity contribution < 1.29 is 0 Å². The van der Waals surface area contributed by atoms with Crippen molar-refractivity contribution in [1.82, 2.24) is 20.4 Å². The van der Waals surface area contributed by atoms with Crippen molar-refractivity contribution in [1.29, 1.82) is 0 Å². The largest absolute Gasteiger partial charge is 0.302 e. The van der Waals surface area contributed by atoms with Crippen LogP contribution in [-0.2, 0) is 0 Å². The lowest BCUT2D eigenvalue weighted by atomic mass is 9.46. The Morgan fingerprint density at radius 2 is 0.800 bits per heavy atom. The highest BCUT2D eigenvalue weighted by Gasteiger charge is 2.58. The van der Waals surface area contributed by atoms with Gasteiger partial charge in [0, 0.05) is 24.2 Å². The number of nitrogens with zero attached hydrogens (tertiary/aromatic N) is 2. The van der Waals surface area contributed by atoms with E-state index in [4.69, 9.17) is 0 Å². The number of rotatable bonds is 6. The van der Waals surface area contributed by atoms with Gasteiger partial charge in [-0.05, 0) is 151 Å². The lowest BCUT2D eigenvalue weighted by molar-refractivity contribution is -0.147. The molecule has 10 unspecified atom stereocenters. The fourth-order valence-electron chi connectivity index (χ4n) is 13.1. The predicted octanol–water partition coefficient (Wildman–Crippen LogP) is 7.28. The van der Waals surface area contributed by atoms with Crippen LogP contribution in [0.1, 0.15) is 141 Å². The maximum absolute atomic E-state index is 4.04. The fraction of sp³-hybridized carbons (Fsp3) is 1.00. The zero-order valence-electron chi connectivity index (χ0n) is 25.8. The molecule has 8 rings (SSSR count). The molecule has 0 aromatic heterocycles. The molecule has 0 amide bonds. The Kier molecular flexibility index (Phi) is 8.28. The third kappa shape index (κ3) is 4.95. The third-order valence-electron chi connectivity index (χ3n) is 14.5. The molecule has 2 N–H and O–H groups in total. The Bertz CT molecular complexity index is 755. The molecule has 6 aliphatic carbocycles. The molecular formula is C36H62N4. The Morgan fingerprint density at radius 3 is 1.20 bits per heavy atom. The first-order chi connectivity index (χ1) is 19.9. The van der Waals surface area contributed by atoms with Crippen molar-refractivity contribution in [2.75, 3.05) is 13.1 Å². The summed E-state index contributed by atoms with van der Waals surface area (Å²) < 4.78 is 0. The van der Waals surface area contributed by atoms with Crippen molar-refractivity contribution in [3.8, 4) is 0 Å². The van der Waals surface area contributed by atoms with Crippen LogP contribution < -0.4 is 10.6 Å². The Labute approximate surface area is 246 Å². The van der Waals surface area contributed by atoms with E-state index in [2.05, 4.69) is 20.4 Å². The van der Waals surface area contributed by atoms with Gasteiger partial charge in [-0.2, -0.15) is 0 Å². The smallest absolute Gasteiger partial charge is 0.0602 e. The topological polar surface area (TPSA) is 30.5 Å². The maximum atomic E-state index is 4.04. The quantitative estimate of drug-likeness (QED) is 0.364. The first-order valence-electron chi connectivity index (χ1n) is 18.9. The molecule has 8 aliphatic rings. The van der Waals surface area contributed by atoms with Gasteiger partial charge in [0.05, 0.1) is 12.3 Å². The monoisotopic (exact) mass is 550 g/mol. The minimum atomic E-state index is 0.691. The van der Waals surface area contributed by atoms with Gasteiger partial charge in [0.25, 0.3) is 0 Å². The second-order valence-electron chi connectivity index (χ2n) is 16.1. The molecule has 2 saturated heterocycles. The van der Waals surface area contributed by atoms with Crippen molar-refractivity contribution in [3.05, 3.63) is 0 Å². The average Bonchev–Trinajstić information content (AvgIpc) is 3.74. The molecule has 4 heteroatoms. The summed E-state index contributed by atoms with van der Waals surface area (Å²) >= 11 is 0. The van der Waals surface area contributed by atoms with Crippen LogP contribution in [0.15, 0.2) is 0 Å². The molecule has 40 heavy (non-hydrogen) atoms. The first-order valence-corrected chi connectivity index (χ1v) is 18.9. The second-order valence-corrected chi connectivity index (χ2v) is 16.1. The van der Waals surface area contributed by atoms with Crippen molar-refractivity contribution in [3.63, 3.8) is 0 Å². The summed E-state index contributed by atoms with van der Waals surface area (Å²) in [6.45, 7) is 2.52. The minimum Gasteiger partial charge on any atom is -0.302 e. The summed E-state index contributed by atoms with van der Waals surface area (Å²) in [5, 5.41) is 8.08. The van der Waals surface area contributed by atoms with E-state index in [-0.39, 0.29) is 0 Å². The summed E-state index contributed by atoms with van der Waals surface area (Å²) in [5.74, 6) is 6.22. The van der Waals surface area contributed by atoms with Gasteiger partial charge in [-0.3, -0.25) is 9.80 Å². The van der Waals surface area contributed by atoms with E-state index in [0.29, 0.717) is 12.3 Å². The second kappa shape index (κ2) is 12.1. The van der Waals surface area contributed by atoms with Crippen molar-refractivity contribution in [2.24, 2.45) is 35.5 Å². The lowest BCUT2D eigenvalue weighted by Gasteiger charge is -2.64. The number of hydrogen-bond acceptors (Lipinski definition) is 4. The van der Waals surface area contributed by atoms with Crippen LogP contribution in [0.3, 0.4) is 0 Å². The van der Waals surface area contributed by atoms with Gasteiger partial charge >= 0.3 is 0 Å². The van der Waals surface area contributed by atoms with Crippen LogP contribution in [0.2, 0.25) is 0 Å². The maximum Gasteiger partial charge on any atom is 0.0602 e. The first kappa shape index (κ1) is 27.4. The van der Waals surface area contributed by atoms with Crippen LogP contribution >= 0.6 is 0 Å². The molecule has 2 heterocycles. The molecule has 10 atom stereocenters. The van der Waals surface area contributed by atoms with Gasteiger partial charge in [-0.1, -0.05) is 38.5 Å². The van der Waals surface area contributed by atoms with Crippen LogP contribution in [0, 0.1) is 35.5 Å². The summed E-state index contributed by atoms with van der Waals surface area (Å²) in [4.78, 5) is 6.40. The van der Waals surface area contributed by atoms with Gasteiger partial charge in [-0.15, -0.1) is 0 Å². The summed E-state index contributed by atoms with van der Waals surface area (Å²) in [6, 6.07) is 3.51. The Morgan fingerprint density at radius 1 is 0.375 bits per heavy atom. The molecule has 8 fully saturated rings. The van der Waals surface area contributed by atoms with E-state index in [9.17, 15) is 0 Å². The lowest BCUT2D eigenvalue weighted by Crippen LogP contribution is -2.65. The van der Waals surface area contributed by atoms with Crippen LogP contribution in [0.25, 0.3) is 0 Å². The molecule has 4 nitrogen and oxygen atoms in total. The third-order valence-corrected chi connectivity index (χ3v) is 14.5. The zero-order chi connectivity index (χ0) is 26.5.